The molecule has 0 saturated carbocycles. The van der Waals surface area contributed by atoms with E-state index in [0.29, 0.717) is 37.6 Å². The summed E-state index contributed by atoms with van der Waals surface area (Å²) in [6.07, 6.45) is -4.62. The summed E-state index contributed by atoms with van der Waals surface area (Å²) in [5.41, 5.74) is -0.391. The first kappa shape index (κ1) is 22.8. The van der Waals surface area contributed by atoms with Crippen molar-refractivity contribution < 1.29 is 22.7 Å². The van der Waals surface area contributed by atoms with Gasteiger partial charge in [-0.2, -0.15) is 13.2 Å². The molecule has 0 radical (unpaired) electrons. The number of rotatable bonds is 4. The van der Waals surface area contributed by atoms with Gasteiger partial charge in [0, 0.05) is 30.4 Å². The lowest BCUT2D eigenvalue weighted by Crippen LogP contribution is -2.40. The van der Waals surface area contributed by atoms with Gasteiger partial charge < -0.3 is 19.9 Å². The molecule has 1 aliphatic rings. The fourth-order valence-electron chi connectivity index (χ4n) is 3.91. The number of benzene rings is 2. The number of hydrogen-bond donors (Lipinski definition) is 2. The number of carbonyl (C=O) groups excluding carboxylic acids is 1. The second-order valence-electron chi connectivity index (χ2n) is 7.95. The Kier molecular flexibility index (Phi) is 6.11. The van der Waals surface area contributed by atoms with E-state index in [2.05, 4.69) is 15.3 Å². The lowest BCUT2D eigenvalue weighted by atomic mass is 9.98. The highest BCUT2D eigenvalue weighted by atomic mass is 19.4. The van der Waals surface area contributed by atoms with E-state index in [4.69, 9.17) is 4.74 Å². The summed E-state index contributed by atoms with van der Waals surface area (Å²) in [5.74, 6) is 0.125. The summed E-state index contributed by atoms with van der Waals surface area (Å²) in [7, 11) is 0. The molecule has 1 aliphatic heterocycles. The quantitative estimate of drug-likeness (QED) is 0.617. The Bertz CT molecular complexity index is 1230. The van der Waals surface area contributed by atoms with E-state index in [1.54, 1.807) is 36.1 Å². The summed E-state index contributed by atoms with van der Waals surface area (Å²) in [6, 6.07) is 7.94. The number of H-pyrrole nitrogens is 1. The van der Waals surface area contributed by atoms with Crippen molar-refractivity contribution >= 4 is 22.5 Å². The van der Waals surface area contributed by atoms with Gasteiger partial charge >= 0.3 is 6.18 Å². The first-order valence-corrected chi connectivity index (χ1v) is 10.5. The topological polar surface area (TPSA) is 87.3 Å². The zero-order chi connectivity index (χ0) is 23.8. The molecule has 0 spiro atoms. The van der Waals surface area contributed by atoms with Crippen LogP contribution in [0.3, 0.4) is 0 Å². The van der Waals surface area contributed by atoms with E-state index >= 15 is 0 Å². The molecule has 33 heavy (non-hydrogen) atoms. The van der Waals surface area contributed by atoms with Crippen molar-refractivity contribution in [1.29, 1.82) is 0 Å². The lowest BCUT2D eigenvalue weighted by molar-refractivity contribution is -0.138. The van der Waals surface area contributed by atoms with E-state index in [0.717, 1.165) is 6.07 Å². The third-order valence-corrected chi connectivity index (χ3v) is 5.58. The number of hydrogen-bond acceptors (Lipinski definition) is 5. The van der Waals surface area contributed by atoms with Gasteiger partial charge in [-0.15, -0.1) is 0 Å². The van der Waals surface area contributed by atoms with Gasteiger partial charge in [-0.1, -0.05) is 0 Å². The maximum atomic E-state index is 13.8. The van der Waals surface area contributed by atoms with Crippen LogP contribution in [0, 0.1) is 6.92 Å². The average Bonchev–Trinajstić information content (AvgIpc) is 2.78. The van der Waals surface area contributed by atoms with Gasteiger partial charge in [-0.3, -0.25) is 9.59 Å². The van der Waals surface area contributed by atoms with Gasteiger partial charge in [0.1, 0.15) is 5.82 Å². The number of aromatic amines is 1. The van der Waals surface area contributed by atoms with Crippen LogP contribution in [0.4, 0.5) is 18.9 Å². The van der Waals surface area contributed by atoms with Crippen LogP contribution in [-0.4, -0.2) is 47.1 Å². The minimum Gasteiger partial charge on any atom is -0.379 e. The van der Waals surface area contributed by atoms with Crippen LogP contribution >= 0.6 is 0 Å². The Balaban J connectivity index is 1.61. The Morgan fingerprint density at radius 1 is 1.18 bits per heavy atom. The van der Waals surface area contributed by atoms with E-state index in [9.17, 15) is 22.8 Å². The highest BCUT2D eigenvalue weighted by Crippen LogP contribution is 2.37. The average molecular weight is 460 g/mol. The molecule has 1 fully saturated rings. The molecule has 4 rings (SSSR count). The molecular formula is C23H23F3N4O3. The molecule has 2 heterocycles. The van der Waals surface area contributed by atoms with Crippen LogP contribution in [0.5, 0.6) is 0 Å². The number of fused-ring (bicyclic) bond motifs is 1. The molecule has 0 bridgehead atoms. The predicted octanol–water partition coefficient (Wildman–Crippen LogP) is 3.90. The summed E-state index contributed by atoms with van der Waals surface area (Å²) < 4.78 is 46.7. The van der Waals surface area contributed by atoms with Crippen molar-refractivity contribution in [3.63, 3.8) is 0 Å². The Morgan fingerprint density at radius 2 is 1.85 bits per heavy atom. The third kappa shape index (κ3) is 4.85. The van der Waals surface area contributed by atoms with Crippen LogP contribution in [0.15, 0.2) is 41.2 Å². The van der Waals surface area contributed by atoms with Crippen LogP contribution in [-0.2, 0) is 10.9 Å². The number of aromatic nitrogens is 2. The molecule has 10 heteroatoms. The highest BCUT2D eigenvalue weighted by Gasteiger charge is 2.35. The molecule has 0 aliphatic carbocycles. The van der Waals surface area contributed by atoms with Gasteiger partial charge in [0.25, 0.3) is 11.5 Å². The Morgan fingerprint density at radius 3 is 2.48 bits per heavy atom. The number of alkyl halides is 3. The maximum Gasteiger partial charge on any atom is 0.416 e. The molecular weight excluding hydrogens is 437 g/mol. The van der Waals surface area contributed by atoms with E-state index in [1.807, 2.05) is 0 Å². The normalized spacial score (nSPS) is 15.5. The molecule has 1 saturated heterocycles. The molecule has 7 nitrogen and oxygen atoms in total. The Labute approximate surface area is 187 Å². The lowest BCUT2D eigenvalue weighted by Gasteiger charge is -2.27. The van der Waals surface area contributed by atoms with Gasteiger partial charge in [-0.05, 0) is 55.8 Å². The fourth-order valence-corrected chi connectivity index (χ4v) is 3.91. The number of aryl methyl sites for hydroxylation is 1. The zero-order valence-electron chi connectivity index (χ0n) is 18.1. The predicted molar refractivity (Wildman–Crippen MR) is 117 cm³/mol. The number of halogens is 3. The van der Waals surface area contributed by atoms with Crippen LogP contribution < -0.4 is 10.9 Å². The van der Waals surface area contributed by atoms with Crippen molar-refractivity contribution in [2.24, 2.45) is 0 Å². The molecule has 2 aromatic carbocycles. The minimum absolute atomic E-state index is 0.00879. The van der Waals surface area contributed by atoms with Gasteiger partial charge in [0.15, 0.2) is 0 Å². The monoisotopic (exact) mass is 460 g/mol. The van der Waals surface area contributed by atoms with Gasteiger partial charge in [-0.25, -0.2) is 4.98 Å². The van der Waals surface area contributed by atoms with Crippen LogP contribution in [0.25, 0.3) is 10.9 Å². The first-order valence-electron chi connectivity index (χ1n) is 10.5. The standard InChI is InChI=1S/C23H23F3N4O3/c1-13(27-16-5-3-15(4-6-16)22(32)30-7-9-33-10-8-30)17-11-18-20(12-19(17)23(24,25)26)28-14(2)29-21(18)31/h3-6,11-13,27H,7-10H2,1-2H3,(H,28,29,31). The number of carbonyl (C=O) groups is 1. The van der Waals surface area contributed by atoms with Crippen molar-refractivity contribution in [3.8, 4) is 0 Å². The van der Waals surface area contributed by atoms with Crippen molar-refractivity contribution in [2.75, 3.05) is 31.6 Å². The molecule has 174 valence electrons. The van der Waals surface area contributed by atoms with Gasteiger partial charge in [0.2, 0.25) is 0 Å². The number of amides is 1. The second kappa shape index (κ2) is 8.86. The summed E-state index contributed by atoms with van der Waals surface area (Å²) >= 11 is 0. The van der Waals surface area contributed by atoms with Crippen LogP contribution in [0.1, 0.15) is 40.3 Å². The summed E-state index contributed by atoms with van der Waals surface area (Å²) in [6.45, 7) is 5.12. The molecule has 2 N–H and O–H groups in total. The summed E-state index contributed by atoms with van der Waals surface area (Å²) in [4.78, 5) is 33.1. The number of nitrogens with zero attached hydrogens (tertiary/aromatic N) is 2. The number of nitrogens with one attached hydrogen (secondary N) is 2. The van der Waals surface area contributed by atoms with E-state index in [-0.39, 0.29) is 28.2 Å². The zero-order valence-corrected chi connectivity index (χ0v) is 18.1. The minimum atomic E-state index is -4.62. The molecule has 1 aromatic heterocycles. The van der Waals surface area contributed by atoms with Gasteiger partial charge in [0.05, 0.1) is 29.7 Å². The number of morpholine rings is 1. The van der Waals surface area contributed by atoms with E-state index in [1.165, 1.54) is 13.0 Å². The van der Waals surface area contributed by atoms with Crippen LogP contribution in [0.2, 0.25) is 0 Å². The SMILES string of the molecule is Cc1nc2cc(C(F)(F)F)c(C(C)Nc3ccc(C(=O)N4CCOCC4)cc3)cc2c(=O)[nH]1. The van der Waals surface area contributed by atoms with E-state index < -0.39 is 23.3 Å². The smallest absolute Gasteiger partial charge is 0.379 e. The Hall–Kier alpha value is -3.40. The van der Waals surface area contributed by atoms with Crippen molar-refractivity contribution in [2.45, 2.75) is 26.1 Å². The van der Waals surface area contributed by atoms with Crippen molar-refractivity contribution in [3.05, 3.63) is 69.3 Å². The third-order valence-electron chi connectivity index (χ3n) is 5.58. The number of anilines is 1. The molecule has 1 amide bonds. The maximum absolute atomic E-state index is 13.8. The largest absolute Gasteiger partial charge is 0.416 e. The summed E-state index contributed by atoms with van der Waals surface area (Å²) in [5, 5.41) is 3.12. The molecule has 3 aromatic rings. The highest BCUT2D eigenvalue weighted by molar-refractivity contribution is 5.94. The molecule has 1 unspecified atom stereocenters. The second-order valence-corrected chi connectivity index (χ2v) is 7.95. The molecule has 1 atom stereocenters. The number of ether oxygens (including phenoxy) is 1. The van der Waals surface area contributed by atoms with Crippen molar-refractivity contribution in [1.82, 2.24) is 14.9 Å². The first-order chi connectivity index (χ1) is 15.6. The fraction of sp³-hybridized carbons (Fsp3) is 0.348.